The van der Waals surface area contributed by atoms with Gasteiger partial charge in [-0.15, -0.1) is 0 Å². The summed E-state index contributed by atoms with van der Waals surface area (Å²) in [4.78, 5) is 22.8. The van der Waals surface area contributed by atoms with E-state index >= 15 is 0 Å². The maximum absolute atomic E-state index is 11.9. The lowest BCUT2D eigenvalue weighted by atomic mass is 10.2. The van der Waals surface area contributed by atoms with Crippen LogP contribution in [-0.2, 0) is 16.1 Å². The number of ether oxygens (including phenoxy) is 1. The standard InChI is InChI=1S/C16H15NO4/c1-11(18)17-13-7-8-14(15(19)9-13)16(20)21-10-12-5-3-2-4-6-12/h2-9,19H,10H2,1H3,(H,17,18). The van der Waals surface area contributed by atoms with Crippen LogP contribution in [0.5, 0.6) is 5.75 Å². The van der Waals surface area contributed by atoms with Crippen LogP contribution >= 0.6 is 0 Å². The number of phenolic OH excluding ortho intramolecular Hbond substituents is 1. The molecule has 0 aromatic heterocycles. The van der Waals surface area contributed by atoms with E-state index in [0.717, 1.165) is 5.56 Å². The predicted molar refractivity (Wildman–Crippen MR) is 78.0 cm³/mol. The van der Waals surface area contributed by atoms with E-state index in [1.807, 2.05) is 30.3 Å². The number of anilines is 1. The lowest BCUT2D eigenvalue weighted by molar-refractivity contribution is -0.114. The topological polar surface area (TPSA) is 75.6 Å². The minimum atomic E-state index is -0.620. The minimum absolute atomic E-state index is 0.0556. The highest BCUT2D eigenvalue weighted by molar-refractivity contribution is 5.94. The van der Waals surface area contributed by atoms with Gasteiger partial charge in [0.15, 0.2) is 0 Å². The fourth-order valence-electron chi connectivity index (χ4n) is 1.79. The molecule has 0 radical (unpaired) electrons. The largest absolute Gasteiger partial charge is 0.507 e. The lowest BCUT2D eigenvalue weighted by Crippen LogP contribution is -2.08. The van der Waals surface area contributed by atoms with E-state index in [9.17, 15) is 14.7 Å². The molecule has 21 heavy (non-hydrogen) atoms. The zero-order chi connectivity index (χ0) is 15.2. The van der Waals surface area contributed by atoms with Gasteiger partial charge in [0.05, 0.1) is 0 Å². The first kappa shape index (κ1) is 14.6. The van der Waals surface area contributed by atoms with Crippen molar-refractivity contribution in [1.29, 1.82) is 0 Å². The second-order valence-corrected chi connectivity index (χ2v) is 4.47. The molecule has 0 aliphatic heterocycles. The van der Waals surface area contributed by atoms with Gasteiger partial charge in [0.1, 0.15) is 17.9 Å². The average molecular weight is 285 g/mol. The SMILES string of the molecule is CC(=O)Nc1ccc(C(=O)OCc2ccccc2)c(O)c1. The van der Waals surface area contributed by atoms with Crippen molar-refractivity contribution in [2.24, 2.45) is 0 Å². The van der Waals surface area contributed by atoms with Crippen LogP contribution in [0, 0.1) is 0 Å². The van der Waals surface area contributed by atoms with Gasteiger partial charge in [-0.25, -0.2) is 4.79 Å². The third-order valence-electron chi connectivity index (χ3n) is 2.75. The number of esters is 1. The summed E-state index contributed by atoms with van der Waals surface area (Å²) in [6.07, 6.45) is 0. The molecular weight excluding hydrogens is 270 g/mol. The van der Waals surface area contributed by atoms with E-state index in [-0.39, 0.29) is 23.8 Å². The molecule has 5 heteroatoms. The average Bonchev–Trinajstić information content (AvgIpc) is 2.45. The van der Waals surface area contributed by atoms with Crippen LogP contribution in [0.2, 0.25) is 0 Å². The first-order valence-corrected chi connectivity index (χ1v) is 6.38. The summed E-state index contributed by atoms with van der Waals surface area (Å²) in [7, 11) is 0. The second kappa shape index (κ2) is 6.56. The Balaban J connectivity index is 2.04. The summed E-state index contributed by atoms with van der Waals surface area (Å²) in [5.74, 6) is -1.11. The number of aromatic hydroxyl groups is 1. The Morgan fingerprint density at radius 1 is 1.14 bits per heavy atom. The monoisotopic (exact) mass is 285 g/mol. The fraction of sp³-hybridized carbons (Fsp3) is 0.125. The number of benzene rings is 2. The van der Waals surface area contributed by atoms with Gasteiger partial charge in [0.25, 0.3) is 0 Å². The smallest absolute Gasteiger partial charge is 0.342 e. The van der Waals surface area contributed by atoms with E-state index in [1.54, 1.807) is 0 Å². The van der Waals surface area contributed by atoms with E-state index in [1.165, 1.54) is 25.1 Å². The van der Waals surface area contributed by atoms with E-state index < -0.39 is 5.97 Å². The van der Waals surface area contributed by atoms with Gasteiger partial charge in [-0.1, -0.05) is 30.3 Å². The predicted octanol–water partition coefficient (Wildman–Crippen LogP) is 2.71. The summed E-state index contributed by atoms with van der Waals surface area (Å²) < 4.78 is 5.13. The van der Waals surface area contributed by atoms with Crippen molar-refractivity contribution in [3.8, 4) is 5.75 Å². The third-order valence-corrected chi connectivity index (χ3v) is 2.75. The lowest BCUT2D eigenvalue weighted by Gasteiger charge is -2.08. The molecule has 1 amide bonds. The van der Waals surface area contributed by atoms with Crippen LogP contribution in [0.3, 0.4) is 0 Å². The molecule has 2 N–H and O–H groups in total. The Labute approximate surface area is 122 Å². The number of rotatable bonds is 4. The van der Waals surface area contributed by atoms with Gasteiger partial charge in [0, 0.05) is 18.7 Å². The third kappa shape index (κ3) is 4.07. The number of hydrogen-bond donors (Lipinski definition) is 2. The molecule has 5 nitrogen and oxygen atoms in total. The van der Waals surface area contributed by atoms with Crippen molar-refractivity contribution in [1.82, 2.24) is 0 Å². The molecule has 2 aromatic carbocycles. The summed E-state index contributed by atoms with van der Waals surface area (Å²) >= 11 is 0. The summed E-state index contributed by atoms with van der Waals surface area (Å²) in [6, 6.07) is 13.5. The van der Waals surface area contributed by atoms with Crippen LogP contribution in [-0.4, -0.2) is 17.0 Å². The van der Waals surface area contributed by atoms with Crippen molar-refractivity contribution in [3.63, 3.8) is 0 Å². The van der Waals surface area contributed by atoms with Crippen LogP contribution in [0.15, 0.2) is 48.5 Å². The zero-order valence-corrected chi connectivity index (χ0v) is 11.5. The molecule has 0 atom stereocenters. The van der Waals surface area contributed by atoms with Crippen molar-refractivity contribution >= 4 is 17.6 Å². The summed E-state index contributed by atoms with van der Waals surface area (Å²) in [6.45, 7) is 1.49. The van der Waals surface area contributed by atoms with Crippen molar-refractivity contribution in [3.05, 3.63) is 59.7 Å². The molecule has 2 rings (SSSR count). The highest BCUT2D eigenvalue weighted by Crippen LogP contribution is 2.23. The second-order valence-electron chi connectivity index (χ2n) is 4.47. The molecule has 0 heterocycles. The molecule has 0 saturated heterocycles. The molecule has 0 unspecified atom stereocenters. The number of amides is 1. The maximum atomic E-state index is 11.9. The van der Waals surface area contributed by atoms with Crippen LogP contribution < -0.4 is 5.32 Å². The molecule has 0 bridgehead atoms. The number of carbonyl (C=O) groups is 2. The van der Waals surface area contributed by atoms with Gasteiger partial charge < -0.3 is 15.2 Å². The molecule has 2 aromatic rings. The highest BCUT2D eigenvalue weighted by Gasteiger charge is 2.13. The maximum Gasteiger partial charge on any atom is 0.342 e. The molecule has 0 aliphatic rings. The van der Waals surface area contributed by atoms with E-state index in [4.69, 9.17) is 4.74 Å². The van der Waals surface area contributed by atoms with Gasteiger partial charge in [-0.05, 0) is 17.7 Å². The fourth-order valence-corrected chi connectivity index (χ4v) is 1.79. The highest BCUT2D eigenvalue weighted by atomic mass is 16.5. The first-order valence-electron chi connectivity index (χ1n) is 6.38. The van der Waals surface area contributed by atoms with Crippen LogP contribution in [0.1, 0.15) is 22.8 Å². The molecule has 0 saturated carbocycles. The Morgan fingerprint density at radius 2 is 1.86 bits per heavy atom. The van der Waals surface area contributed by atoms with Gasteiger partial charge >= 0.3 is 5.97 Å². The molecule has 0 aliphatic carbocycles. The molecule has 0 fully saturated rings. The summed E-state index contributed by atoms with van der Waals surface area (Å²) in [5, 5.41) is 12.3. The van der Waals surface area contributed by atoms with Gasteiger partial charge in [0.2, 0.25) is 5.91 Å². The van der Waals surface area contributed by atoms with Crippen molar-refractivity contribution in [2.75, 3.05) is 5.32 Å². The number of nitrogens with one attached hydrogen (secondary N) is 1. The molecular formula is C16H15NO4. The van der Waals surface area contributed by atoms with Gasteiger partial charge in [-0.3, -0.25) is 4.79 Å². The number of phenols is 1. The Kier molecular flexibility index (Phi) is 4.56. The summed E-state index contributed by atoms with van der Waals surface area (Å²) in [5.41, 5.74) is 1.33. The minimum Gasteiger partial charge on any atom is -0.507 e. The molecule has 108 valence electrons. The number of carbonyl (C=O) groups excluding carboxylic acids is 2. The van der Waals surface area contributed by atoms with E-state index in [0.29, 0.717) is 5.69 Å². The Morgan fingerprint density at radius 3 is 2.48 bits per heavy atom. The first-order chi connectivity index (χ1) is 10.1. The Hall–Kier alpha value is -2.82. The zero-order valence-electron chi connectivity index (χ0n) is 11.5. The van der Waals surface area contributed by atoms with Crippen LogP contribution in [0.25, 0.3) is 0 Å². The molecule has 0 spiro atoms. The van der Waals surface area contributed by atoms with Crippen molar-refractivity contribution in [2.45, 2.75) is 13.5 Å². The van der Waals surface area contributed by atoms with Crippen molar-refractivity contribution < 1.29 is 19.4 Å². The van der Waals surface area contributed by atoms with E-state index in [2.05, 4.69) is 5.32 Å². The van der Waals surface area contributed by atoms with Gasteiger partial charge in [-0.2, -0.15) is 0 Å². The normalized spacial score (nSPS) is 9.95. The van der Waals surface area contributed by atoms with Crippen LogP contribution in [0.4, 0.5) is 5.69 Å². The Bertz CT molecular complexity index is 653. The number of hydrogen-bond acceptors (Lipinski definition) is 4. The quantitative estimate of drug-likeness (QED) is 0.847.